The molecule has 0 saturated carbocycles. The molecule has 11 aromatic rings. The van der Waals surface area contributed by atoms with Gasteiger partial charge in [0.25, 0.3) is 0 Å². The molecule has 4 heteroatoms. The summed E-state index contributed by atoms with van der Waals surface area (Å²) >= 11 is 0. The van der Waals surface area contributed by atoms with Gasteiger partial charge in [-0.1, -0.05) is 166 Å². The molecule has 0 N–H and O–H groups in total. The molecule has 12 rings (SSSR count). The van der Waals surface area contributed by atoms with Crippen molar-refractivity contribution in [3.8, 4) is 39.5 Å². The molecule has 0 aliphatic carbocycles. The van der Waals surface area contributed by atoms with Crippen LogP contribution >= 0.6 is 0 Å². The third-order valence-corrected chi connectivity index (χ3v) is 12.8. The van der Waals surface area contributed by atoms with Crippen LogP contribution in [0.3, 0.4) is 0 Å². The van der Waals surface area contributed by atoms with Crippen LogP contribution in [0.4, 0.5) is 17.1 Å². The summed E-state index contributed by atoms with van der Waals surface area (Å²) in [7, 11) is 0. The lowest BCUT2D eigenvalue weighted by atomic mass is 9.73. The molecule has 0 amide bonds. The molecule has 9 aromatic carbocycles. The number of para-hydroxylation sites is 3. The summed E-state index contributed by atoms with van der Waals surface area (Å²) < 4.78 is 2.29. The number of aromatic nitrogens is 3. The minimum Gasteiger partial charge on any atom is -0.310 e. The smallest absolute Gasteiger partial charge is 0.235 e. The summed E-state index contributed by atoms with van der Waals surface area (Å²) in [6.45, 7) is 4.72. The Balaban J connectivity index is 1.12. The van der Waals surface area contributed by atoms with Crippen LogP contribution in [-0.2, 0) is 5.41 Å². The van der Waals surface area contributed by atoms with Crippen molar-refractivity contribution in [1.82, 2.24) is 14.5 Å². The highest BCUT2D eigenvalue weighted by Crippen LogP contribution is 2.53. The Morgan fingerprint density at radius 3 is 1.97 bits per heavy atom. The van der Waals surface area contributed by atoms with Gasteiger partial charge < -0.3 is 4.90 Å². The number of hydrogen-bond acceptors (Lipinski definition) is 3. The molecule has 1 aliphatic rings. The fourth-order valence-corrected chi connectivity index (χ4v) is 9.87. The van der Waals surface area contributed by atoms with Crippen molar-refractivity contribution in [2.75, 3.05) is 4.90 Å². The standard InChI is InChI=1S/C57H40N4/c1-57(2)46-27-12-14-29-49(46)60(42-22-7-4-8-23-42)50-33-32-40(36-47(50)57)44-26-16-30-51-54(44)53-43-24-10-9-19-38(43)31-34-52(53)61(51)56-58-48-28-13-11-25-45(48)55(59-56)41-21-15-20-39(35-41)37-17-5-3-6-18-37/h3-36H,1-2H3. The van der Waals surface area contributed by atoms with E-state index in [4.69, 9.17) is 9.97 Å². The minimum atomic E-state index is -0.241. The third-order valence-electron chi connectivity index (χ3n) is 12.8. The van der Waals surface area contributed by atoms with Crippen LogP contribution in [0.2, 0.25) is 0 Å². The number of anilines is 3. The lowest BCUT2D eigenvalue weighted by molar-refractivity contribution is 0.632. The van der Waals surface area contributed by atoms with Crippen molar-refractivity contribution >= 4 is 60.5 Å². The van der Waals surface area contributed by atoms with Crippen molar-refractivity contribution in [3.05, 3.63) is 217 Å². The molecule has 61 heavy (non-hydrogen) atoms. The average Bonchev–Trinajstić information content (AvgIpc) is 3.67. The molecule has 1 aliphatic heterocycles. The lowest BCUT2D eigenvalue weighted by Gasteiger charge is -2.42. The summed E-state index contributed by atoms with van der Waals surface area (Å²) in [5.74, 6) is 0.646. The van der Waals surface area contributed by atoms with Crippen LogP contribution in [0.1, 0.15) is 25.0 Å². The molecule has 0 radical (unpaired) electrons. The number of fused-ring (bicyclic) bond motifs is 8. The predicted molar refractivity (Wildman–Crippen MR) is 255 cm³/mol. The monoisotopic (exact) mass is 780 g/mol. The molecule has 0 bridgehead atoms. The Morgan fingerprint density at radius 2 is 1.10 bits per heavy atom. The number of nitrogens with zero attached hydrogens (tertiary/aromatic N) is 4. The van der Waals surface area contributed by atoms with Gasteiger partial charge in [0.15, 0.2) is 0 Å². The lowest BCUT2D eigenvalue weighted by Crippen LogP contribution is -2.30. The molecular formula is C57H40N4. The van der Waals surface area contributed by atoms with Crippen LogP contribution < -0.4 is 4.90 Å². The van der Waals surface area contributed by atoms with Gasteiger partial charge in [-0.15, -0.1) is 0 Å². The molecule has 0 unspecified atom stereocenters. The molecule has 0 spiro atoms. The first-order valence-electron chi connectivity index (χ1n) is 21.0. The molecule has 0 atom stereocenters. The fraction of sp³-hybridized carbons (Fsp3) is 0.0526. The highest BCUT2D eigenvalue weighted by molar-refractivity contribution is 6.25. The highest BCUT2D eigenvalue weighted by Gasteiger charge is 2.37. The molecule has 0 saturated heterocycles. The van der Waals surface area contributed by atoms with Gasteiger partial charge in [0.05, 0.1) is 33.6 Å². The first-order chi connectivity index (χ1) is 30.0. The topological polar surface area (TPSA) is 34.0 Å². The molecule has 0 fully saturated rings. The van der Waals surface area contributed by atoms with Crippen LogP contribution in [0, 0.1) is 0 Å². The van der Waals surface area contributed by atoms with Crippen molar-refractivity contribution < 1.29 is 0 Å². The van der Waals surface area contributed by atoms with Gasteiger partial charge >= 0.3 is 0 Å². The molecular weight excluding hydrogens is 741 g/mol. The predicted octanol–water partition coefficient (Wildman–Crippen LogP) is 15.0. The average molecular weight is 781 g/mol. The number of hydrogen-bond donors (Lipinski definition) is 0. The molecule has 4 nitrogen and oxygen atoms in total. The Bertz CT molecular complexity index is 3510. The summed E-state index contributed by atoms with van der Waals surface area (Å²) in [5.41, 5.74) is 15.6. The molecule has 2 aromatic heterocycles. The second kappa shape index (κ2) is 13.6. The van der Waals surface area contributed by atoms with Crippen molar-refractivity contribution in [2.45, 2.75) is 19.3 Å². The van der Waals surface area contributed by atoms with E-state index in [1.165, 1.54) is 60.7 Å². The summed E-state index contributed by atoms with van der Waals surface area (Å²) in [4.78, 5) is 13.3. The molecule has 288 valence electrons. The van der Waals surface area contributed by atoms with Crippen molar-refractivity contribution in [3.63, 3.8) is 0 Å². The zero-order chi connectivity index (χ0) is 40.7. The van der Waals surface area contributed by atoms with Crippen LogP contribution in [-0.4, -0.2) is 14.5 Å². The van der Waals surface area contributed by atoms with E-state index in [-0.39, 0.29) is 5.41 Å². The maximum Gasteiger partial charge on any atom is 0.235 e. The Labute approximate surface area is 354 Å². The summed E-state index contributed by atoms with van der Waals surface area (Å²) in [6.07, 6.45) is 0. The second-order valence-corrected chi connectivity index (χ2v) is 16.6. The Morgan fingerprint density at radius 1 is 0.426 bits per heavy atom. The third kappa shape index (κ3) is 5.46. The van der Waals surface area contributed by atoms with Crippen LogP contribution in [0.15, 0.2) is 206 Å². The van der Waals surface area contributed by atoms with E-state index in [0.717, 1.165) is 44.4 Å². The van der Waals surface area contributed by atoms with Crippen molar-refractivity contribution in [1.29, 1.82) is 0 Å². The van der Waals surface area contributed by atoms with Crippen molar-refractivity contribution in [2.24, 2.45) is 0 Å². The van der Waals surface area contributed by atoms with E-state index < -0.39 is 0 Å². The van der Waals surface area contributed by atoms with Gasteiger partial charge in [0.1, 0.15) is 0 Å². The number of rotatable bonds is 5. The van der Waals surface area contributed by atoms with E-state index in [9.17, 15) is 0 Å². The van der Waals surface area contributed by atoms with Gasteiger partial charge in [-0.25, -0.2) is 9.97 Å². The Hall–Kier alpha value is -7.82. The normalized spacial score (nSPS) is 13.2. The van der Waals surface area contributed by atoms with Crippen LogP contribution in [0.25, 0.3) is 82.9 Å². The highest BCUT2D eigenvalue weighted by atomic mass is 15.2. The first-order valence-corrected chi connectivity index (χ1v) is 21.0. The van der Waals surface area contributed by atoms with Gasteiger partial charge in [-0.2, -0.15) is 0 Å². The number of benzene rings is 9. The molecule has 3 heterocycles. The van der Waals surface area contributed by atoms with Gasteiger partial charge in [-0.3, -0.25) is 4.57 Å². The quantitative estimate of drug-likeness (QED) is 0.174. The fourth-order valence-electron chi connectivity index (χ4n) is 9.87. The summed E-state index contributed by atoms with van der Waals surface area (Å²) in [5, 5.41) is 5.80. The van der Waals surface area contributed by atoms with E-state index in [2.05, 4.69) is 230 Å². The van der Waals surface area contributed by atoms with E-state index in [1.54, 1.807) is 0 Å². The van der Waals surface area contributed by atoms with E-state index in [0.29, 0.717) is 5.95 Å². The van der Waals surface area contributed by atoms with Crippen LogP contribution in [0.5, 0.6) is 0 Å². The second-order valence-electron chi connectivity index (χ2n) is 16.6. The zero-order valence-electron chi connectivity index (χ0n) is 33.9. The maximum atomic E-state index is 5.51. The van der Waals surface area contributed by atoms with E-state index in [1.807, 2.05) is 0 Å². The summed E-state index contributed by atoms with van der Waals surface area (Å²) in [6, 6.07) is 74.2. The minimum absolute atomic E-state index is 0.241. The van der Waals surface area contributed by atoms with E-state index >= 15 is 0 Å². The SMILES string of the molecule is CC1(C)c2ccccc2N(c2ccccc2)c2ccc(-c3cccc4c3c3c5ccccc5ccc3n4-c3nc(-c4cccc(-c5ccccc5)c4)c4ccccc4n3)cc21. The van der Waals surface area contributed by atoms with Gasteiger partial charge in [-0.05, 0) is 98.8 Å². The largest absolute Gasteiger partial charge is 0.310 e. The zero-order valence-corrected chi connectivity index (χ0v) is 33.9. The maximum absolute atomic E-state index is 5.51. The Kier molecular flexibility index (Phi) is 7.85. The van der Waals surface area contributed by atoms with Gasteiger partial charge in [0.2, 0.25) is 5.95 Å². The van der Waals surface area contributed by atoms with Gasteiger partial charge in [0, 0.05) is 32.8 Å². The first kappa shape index (κ1) is 35.2.